The molecule has 402 valence electrons. The summed E-state index contributed by atoms with van der Waals surface area (Å²) >= 11 is 0. The first-order chi connectivity index (χ1) is 33.0. The van der Waals surface area contributed by atoms with E-state index in [1.807, 2.05) is 0 Å². The van der Waals surface area contributed by atoms with Crippen LogP contribution >= 0.6 is 0 Å². The second-order valence-electron chi connectivity index (χ2n) is 21.8. The molecule has 0 bridgehead atoms. The molecule has 0 radical (unpaired) electrons. The summed E-state index contributed by atoms with van der Waals surface area (Å²) in [5.74, 6) is -0.574. The number of aliphatic hydroxyl groups is 4. The molecule has 4 unspecified atom stereocenters. The Morgan fingerprint density at radius 1 is 0.313 bits per heavy atom. The lowest BCUT2D eigenvalue weighted by molar-refractivity contribution is -0.132. The molecule has 0 aliphatic carbocycles. The van der Waals surface area contributed by atoms with Gasteiger partial charge < -0.3 is 25.7 Å². The lowest BCUT2D eigenvalue weighted by atomic mass is 9.99. The van der Waals surface area contributed by atoms with E-state index in [2.05, 4.69) is 19.2 Å². The lowest BCUT2D eigenvalue weighted by Gasteiger charge is -2.27. The predicted octanol–water partition coefficient (Wildman–Crippen LogP) is 18.3. The van der Waals surface area contributed by atoms with E-state index in [0.29, 0.717) is 12.8 Å². The molecule has 0 fully saturated rings. The second kappa shape index (κ2) is 56.2. The number of carbonyl (C=O) groups excluding carboxylic acids is 1. The van der Waals surface area contributed by atoms with Crippen LogP contribution in [0.2, 0.25) is 0 Å². The Balaban J connectivity index is 3.55. The monoisotopic (exact) mass is 950 g/mol. The van der Waals surface area contributed by atoms with Crippen molar-refractivity contribution in [1.29, 1.82) is 0 Å². The molecule has 6 nitrogen and oxygen atoms in total. The minimum atomic E-state index is -1.26. The smallest absolute Gasteiger partial charge is 0.249 e. The van der Waals surface area contributed by atoms with E-state index in [9.17, 15) is 25.2 Å². The van der Waals surface area contributed by atoms with Crippen molar-refractivity contribution in [3.05, 3.63) is 0 Å². The van der Waals surface area contributed by atoms with Gasteiger partial charge in [0.2, 0.25) is 5.91 Å². The number of hydrogen-bond donors (Lipinski definition) is 5. The average molecular weight is 951 g/mol. The fraction of sp³-hybridized carbons (Fsp3) is 0.984. The fourth-order valence-electron chi connectivity index (χ4n) is 10.2. The topological polar surface area (TPSA) is 110 Å². The molecule has 1 amide bonds. The molecular formula is C61H123NO5. The van der Waals surface area contributed by atoms with E-state index in [0.717, 1.165) is 38.5 Å². The van der Waals surface area contributed by atoms with Crippen LogP contribution in [0.5, 0.6) is 0 Å². The Kier molecular flexibility index (Phi) is 55.6. The molecule has 0 aliphatic rings. The van der Waals surface area contributed by atoms with Crippen LogP contribution in [0.25, 0.3) is 0 Å². The molecule has 67 heavy (non-hydrogen) atoms. The van der Waals surface area contributed by atoms with Crippen molar-refractivity contribution >= 4 is 5.91 Å². The summed E-state index contributed by atoms with van der Waals surface area (Å²) in [5.41, 5.74) is 0. The molecule has 0 heterocycles. The molecule has 6 heteroatoms. The predicted molar refractivity (Wildman–Crippen MR) is 293 cm³/mol. The van der Waals surface area contributed by atoms with Gasteiger partial charge in [-0.2, -0.15) is 0 Å². The van der Waals surface area contributed by atoms with Crippen LogP contribution in [0.15, 0.2) is 0 Å². The summed E-state index contributed by atoms with van der Waals surface area (Å²) in [4.78, 5) is 12.6. The van der Waals surface area contributed by atoms with Crippen LogP contribution in [0.3, 0.4) is 0 Å². The highest BCUT2D eigenvalue weighted by Gasteiger charge is 2.28. The van der Waals surface area contributed by atoms with Crippen LogP contribution in [0, 0.1) is 0 Å². The minimum Gasteiger partial charge on any atom is -0.394 e. The summed E-state index contributed by atoms with van der Waals surface area (Å²) < 4.78 is 0. The molecule has 0 aromatic carbocycles. The van der Waals surface area contributed by atoms with Crippen molar-refractivity contribution in [2.75, 3.05) is 6.61 Å². The van der Waals surface area contributed by atoms with Crippen molar-refractivity contribution in [3.63, 3.8) is 0 Å². The van der Waals surface area contributed by atoms with Gasteiger partial charge in [-0.05, 0) is 12.8 Å². The Morgan fingerprint density at radius 2 is 0.507 bits per heavy atom. The first-order valence-corrected chi connectivity index (χ1v) is 30.9. The third-order valence-electron chi connectivity index (χ3n) is 15.1. The molecule has 0 saturated heterocycles. The van der Waals surface area contributed by atoms with Crippen molar-refractivity contribution in [3.8, 4) is 0 Å². The van der Waals surface area contributed by atoms with E-state index in [1.54, 1.807) is 0 Å². The third kappa shape index (κ3) is 50.1. The van der Waals surface area contributed by atoms with Gasteiger partial charge in [0, 0.05) is 0 Å². The summed E-state index contributed by atoms with van der Waals surface area (Å²) in [6.45, 7) is 4.11. The van der Waals surface area contributed by atoms with Gasteiger partial charge in [-0.25, -0.2) is 0 Å². The number of nitrogens with one attached hydrogen (secondary N) is 1. The van der Waals surface area contributed by atoms with Crippen molar-refractivity contribution < 1.29 is 25.2 Å². The Labute approximate surface area is 420 Å². The highest BCUT2D eigenvalue weighted by molar-refractivity contribution is 5.80. The molecule has 5 N–H and O–H groups in total. The Morgan fingerprint density at radius 3 is 0.716 bits per heavy atom. The first-order valence-electron chi connectivity index (χ1n) is 30.9. The molecular weight excluding hydrogens is 827 g/mol. The van der Waals surface area contributed by atoms with Crippen LogP contribution in [-0.4, -0.2) is 57.3 Å². The van der Waals surface area contributed by atoms with Gasteiger partial charge >= 0.3 is 0 Å². The number of amides is 1. The maximum absolute atomic E-state index is 12.6. The maximum atomic E-state index is 12.6. The molecule has 0 spiro atoms. The molecule has 0 saturated carbocycles. The van der Waals surface area contributed by atoms with Gasteiger partial charge in [0.1, 0.15) is 12.2 Å². The number of aliphatic hydroxyl groups excluding tert-OH is 4. The highest BCUT2D eigenvalue weighted by atomic mass is 16.3. The minimum absolute atomic E-state index is 0.377. The standard InChI is InChI=1S/C61H123NO5/c1-3-5-7-9-11-13-15-17-19-21-23-25-27-29-31-32-34-36-38-40-42-44-46-48-50-52-54-58(64)60(66)57(56-63)62-61(67)59(65)55-53-51-49-47-45-43-41-39-37-35-33-30-28-26-24-22-20-18-16-14-12-10-8-6-4-2/h57-60,63-66H,3-56H2,1-2H3,(H,62,67). The zero-order valence-corrected chi connectivity index (χ0v) is 45.7. The van der Waals surface area contributed by atoms with Crippen molar-refractivity contribution in [1.82, 2.24) is 5.32 Å². The number of unbranched alkanes of at least 4 members (excludes halogenated alkanes) is 49. The molecule has 0 rings (SSSR count). The lowest BCUT2D eigenvalue weighted by Crippen LogP contribution is -2.53. The van der Waals surface area contributed by atoms with Crippen molar-refractivity contribution in [2.24, 2.45) is 0 Å². The van der Waals surface area contributed by atoms with Crippen LogP contribution in [0.1, 0.15) is 354 Å². The van der Waals surface area contributed by atoms with E-state index in [-0.39, 0.29) is 0 Å². The zero-order valence-electron chi connectivity index (χ0n) is 45.7. The molecule has 4 atom stereocenters. The summed E-state index contributed by atoms with van der Waals surface area (Å²) in [7, 11) is 0. The normalized spacial score (nSPS) is 13.6. The molecule has 0 aliphatic heterocycles. The largest absolute Gasteiger partial charge is 0.394 e. The van der Waals surface area contributed by atoms with Gasteiger partial charge in [-0.3, -0.25) is 4.79 Å². The van der Waals surface area contributed by atoms with Gasteiger partial charge in [-0.15, -0.1) is 0 Å². The fourth-order valence-corrected chi connectivity index (χ4v) is 10.2. The number of rotatable bonds is 58. The number of carbonyl (C=O) groups is 1. The summed E-state index contributed by atoms with van der Waals surface area (Å²) in [6.07, 6.45) is 66.2. The van der Waals surface area contributed by atoms with Gasteiger partial charge in [0.25, 0.3) is 0 Å². The third-order valence-corrected chi connectivity index (χ3v) is 15.1. The second-order valence-corrected chi connectivity index (χ2v) is 21.8. The van der Waals surface area contributed by atoms with E-state index < -0.39 is 36.9 Å². The van der Waals surface area contributed by atoms with Crippen LogP contribution in [-0.2, 0) is 4.79 Å². The first kappa shape index (κ1) is 66.3. The Hall–Kier alpha value is -0.690. The molecule has 0 aromatic rings. The average Bonchev–Trinajstić information content (AvgIpc) is 3.33. The highest BCUT2D eigenvalue weighted by Crippen LogP contribution is 2.19. The number of hydrogen-bond acceptors (Lipinski definition) is 5. The van der Waals surface area contributed by atoms with Crippen molar-refractivity contribution in [2.45, 2.75) is 379 Å². The van der Waals surface area contributed by atoms with Gasteiger partial charge in [0.15, 0.2) is 0 Å². The zero-order chi connectivity index (χ0) is 48.8. The van der Waals surface area contributed by atoms with Crippen LogP contribution in [0.4, 0.5) is 0 Å². The van der Waals surface area contributed by atoms with Gasteiger partial charge in [0.05, 0.1) is 18.8 Å². The van der Waals surface area contributed by atoms with Crippen LogP contribution < -0.4 is 5.32 Å². The maximum Gasteiger partial charge on any atom is 0.249 e. The Bertz CT molecular complexity index is 933. The SMILES string of the molecule is CCCCCCCCCCCCCCCCCCCCCCCCCCCCC(O)C(O)C(CO)NC(=O)C(O)CCCCCCCCCCCCCCCCCCCCCCCCCCC. The summed E-state index contributed by atoms with van der Waals surface area (Å²) in [5, 5.41) is 44.1. The van der Waals surface area contributed by atoms with E-state index in [4.69, 9.17) is 0 Å². The summed E-state index contributed by atoms with van der Waals surface area (Å²) in [6, 6.07) is -0.981. The van der Waals surface area contributed by atoms with Gasteiger partial charge in [-0.1, -0.05) is 341 Å². The molecule has 0 aromatic heterocycles. The van der Waals surface area contributed by atoms with E-state index >= 15 is 0 Å². The van der Waals surface area contributed by atoms with E-state index in [1.165, 1.54) is 289 Å². The quantitative estimate of drug-likeness (QED) is 0.0390.